The van der Waals surface area contributed by atoms with Gasteiger partial charge in [0.2, 0.25) is 0 Å². The zero-order valence-electron chi connectivity index (χ0n) is 14.8. The van der Waals surface area contributed by atoms with Crippen molar-refractivity contribution in [1.82, 2.24) is 4.31 Å². The first kappa shape index (κ1) is 20.5. The minimum atomic E-state index is -1.16. The molecule has 1 unspecified atom stereocenters. The summed E-state index contributed by atoms with van der Waals surface area (Å²) in [4.78, 5) is 0. The van der Waals surface area contributed by atoms with Crippen molar-refractivity contribution in [3.05, 3.63) is 35.9 Å². The summed E-state index contributed by atoms with van der Waals surface area (Å²) in [7, 11) is 0. The van der Waals surface area contributed by atoms with Gasteiger partial charge in [-0.05, 0) is 46.1 Å². The number of hydrogen-bond donors (Lipinski definition) is 1. The second kappa shape index (κ2) is 8.68. The number of nitrogens with zero attached hydrogens (tertiary/aromatic N) is 1. The van der Waals surface area contributed by atoms with Gasteiger partial charge >= 0.3 is 0 Å². The summed E-state index contributed by atoms with van der Waals surface area (Å²) in [5.41, 5.74) is 1.13. The van der Waals surface area contributed by atoms with Gasteiger partial charge in [-0.2, -0.15) is 0 Å². The van der Waals surface area contributed by atoms with Crippen LogP contribution >= 0.6 is 22.6 Å². The summed E-state index contributed by atoms with van der Waals surface area (Å²) in [5.74, 6) is 0. The maximum atomic E-state index is 13.1. The number of alkyl halides is 1. The van der Waals surface area contributed by atoms with Crippen molar-refractivity contribution in [1.29, 1.82) is 0 Å². The lowest BCUT2D eigenvalue weighted by molar-refractivity contribution is -0.168. The molecule has 1 aromatic carbocycles. The summed E-state index contributed by atoms with van der Waals surface area (Å²) in [5, 5.41) is 10.0. The van der Waals surface area contributed by atoms with E-state index in [2.05, 4.69) is 41.6 Å². The highest BCUT2D eigenvalue weighted by atomic mass is 127. The molecule has 0 aliphatic carbocycles. The molecule has 0 bridgehead atoms. The zero-order chi connectivity index (χ0) is 17.9. The Hall–Kier alpha value is 0.140. The largest absolute Gasteiger partial charge is 0.597 e. The molecule has 1 heterocycles. The van der Waals surface area contributed by atoms with Gasteiger partial charge in [0.25, 0.3) is 0 Å². The lowest BCUT2D eigenvalue weighted by atomic mass is 10.0. The first-order chi connectivity index (χ1) is 11.2. The van der Waals surface area contributed by atoms with E-state index >= 15 is 0 Å². The summed E-state index contributed by atoms with van der Waals surface area (Å²) >= 11 is 1.07. The molecule has 2 rings (SSSR count). The van der Waals surface area contributed by atoms with Gasteiger partial charge in [-0.25, -0.2) is 0 Å². The molecule has 0 aromatic heterocycles. The summed E-state index contributed by atoms with van der Waals surface area (Å²) in [6.07, 6.45) is 0.936. The van der Waals surface area contributed by atoms with Crippen LogP contribution in [0.1, 0.15) is 46.1 Å². The Bertz CT molecular complexity index is 511. The first-order valence-corrected chi connectivity index (χ1v) is 10.8. The molecule has 136 valence electrons. The molecule has 1 N–H and O–H groups in total. The summed E-state index contributed by atoms with van der Waals surface area (Å²) in [6.45, 7) is 8.63. The number of aliphatic hydroxyl groups excluding tert-OH is 1. The molecule has 0 amide bonds. The van der Waals surface area contributed by atoms with Gasteiger partial charge in [0.15, 0.2) is 6.29 Å². The van der Waals surface area contributed by atoms with Crippen LogP contribution in [0, 0.1) is 0 Å². The molecule has 1 saturated heterocycles. The van der Waals surface area contributed by atoms with Gasteiger partial charge in [-0.3, -0.25) is 0 Å². The smallest absolute Gasteiger partial charge is 0.166 e. The Morgan fingerprint density at radius 3 is 2.50 bits per heavy atom. The van der Waals surface area contributed by atoms with Crippen LogP contribution in [0.5, 0.6) is 0 Å². The second-order valence-corrected chi connectivity index (χ2v) is 11.1. The fourth-order valence-electron chi connectivity index (χ4n) is 2.81. The SMILES string of the molecule is C[C@H]([C@@H]1CC[C@@H](I)[C@H](O)O1)N(Cc1ccccc1)[S+]([O-])C(C)(C)C. The molecule has 1 fully saturated rings. The fraction of sp³-hybridized carbons (Fsp3) is 0.667. The highest BCUT2D eigenvalue weighted by molar-refractivity contribution is 14.1. The van der Waals surface area contributed by atoms with Crippen molar-refractivity contribution in [2.24, 2.45) is 0 Å². The van der Waals surface area contributed by atoms with Gasteiger partial charge < -0.3 is 14.4 Å². The van der Waals surface area contributed by atoms with E-state index in [0.717, 1.165) is 18.4 Å². The minimum absolute atomic E-state index is 0.0381. The van der Waals surface area contributed by atoms with Gasteiger partial charge in [0.1, 0.15) is 4.75 Å². The third kappa shape index (κ3) is 5.32. The van der Waals surface area contributed by atoms with E-state index in [0.29, 0.717) is 6.54 Å². The third-order valence-corrected chi connectivity index (χ3v) is 7.43. The maximum absolute atomic E-state index is 13.1. The van der Waals surface area contributed by atoms with E-state index in [1.165, 1.54) is 0 Å². The standard InChI is InChI=1S/C18H28INO3S/c1-13(16-11-10-15(19)17(21)23-16)20(24(22)18(2,3)4)12-14-8-6-5-7-9-14/h5-9,13,15-17,21H,10-12H2,1-4H3/t13-,15-,16+,17-,24?/m1/s1. The zero-order valence-corrected chi connectivity index (χ0v) is 17.8. The highest BCUT2D eigenvalue weighted by Gasteiger charge is 2.41. The molecule has 0 saturated carbocycles. The van der Waals surface area contributed by atoms with Gasteiger partial charge in [0, 0.05) is 11.4 Å². The lowest BCUT2D eigenvalue weighted by Crippen LogP contribution is -2.53. The van der Waals surface area contributed by atoms with Crippen molar-refractivity contribution in [3.63, 3.8) is 0 Å². The van der Waals surface area contributed by atoms with E-state index in [9.17, 15) is 9.66 Å². The normalized spacial score (nSPS) is 27.9. The molecular weight excluding hydrogens is 437 g/mol. The molecule has 5 atom stereocenters. The van der Waals surface area contributed by atoms with Crippen molar-refractivity contribution in [2.75, 3.05) is 0 Å². The predicted molar refractivity (Wildman–Crippen MR) is 107 cm³/mol. The third-order valence-electron chi connectivity index (χ3n) is 4.26. The Morgan fingerprint density at radius 2 is 1.96 bits per heavy atom. The van der Waals surface area contributed by atoms with E-state index in [4.69, 9.17) is 4.74 Å². The van der Waals surface area contributed by atoms with Gasteiger partial charge in [-0.15, -0.1) is 4.31 Å². The highest BCUT2D eigenvalue weighted by Crippen LogP contribution is 2.31. The van der Waals surface area contributed by atoms with Crippen LogP contribution in [0.25, 0.3) is 0 Å². The van der Waals surface area contributed by atoms with E-state index in [1.807, 2.05) is 43.3 Å². The number of aliphatic hydroxyl groups is 1. The molecule has 6 heteroatoms. The van der Waals surface area contributed by atoms with E-state index in [1.54, 1.807) is 0 Å². The van der Waals surface area contributed by atoms with Crippen LogP contribution in [0.4, 0.5) is 0 Å². The molecule has 1 aromatic rings. The molecule has 4 nitrogen and oxygen atoms in total. The monoisotopic (exact) mass is 465 g/mol. The van der Waals surface area contributed by atoms with Crippen LogP contribution in [0.15, 0.2) is 30.3 Å². The Kier molecular flexibility index (Phi) is 7.40. The molecule has 1 aliphatic rings. The average Bonchev–Trinajstić information content (AvgIpc) is 2.54. The Balaban J connectivity index is 2.18. The Labute approximate surface area is 162 Å². The predicted octanol–water partition coefficient (Wildman–Crippen LogP) is 3.64. The van der Waals surface area contributed by atoms with Crippen LogP contribution < -0.4 is 0 Å². The van der Waals surface area contributed by atoms with Crippen LogP contribution in [0.3, 0.4) is 0 Å². The van der Waals surface area contributed by atoms with Gasteiger partial charge in [-0.1, -0.05) is 52.9 Å². The first-order valence-electron chi connectivity index (χ1n) is 8.40. The fourth-order valence-corrected chi connectivity index (χ4v) is 4.74. The molecule has 1 aliphatic heterocycles. The number of ether oxygens (including phenoxy) is 1. The Morgan fingerprint density at radius 1 is 1.33 bits per heavy atom. The van der Waals surface area contributed by atoms with Crippen molar-refractivity contribution in [2.45, 2.75) is 74.2 Å². The van der Waals surface area contributed by atoms with Crippen molar-refractivity contribution in [3.8, 4) is 0 Å². The molecular formula is C18H28INO3S. The second-order valence-electron chi connectivity index (χ2n) is 7.32. The van der Waals surface area contributed by atoms with E-state index < -0.39 is 17.7 Å². The van der Waals surface area contributed by atoms with Gasteiger partial charge in [0.05, 0.1) is 22.6 Å². The molecule has 24 heavy (non-hydrogen) atoms. The molecule has 0 spiro atoms. The maximum Gasteiger partial charge on any atom is 0.166 e. The number of halogens is 1. The minimum Gasteiger partial charge on any atom is -0.597 e. The van der Waals surface area contributed by atoms with Crippen LogP contribution in [0.2, 0.25) is 0 Å². The lowest BCUT2D eigenvalue weighted by Gasteiger charge is -2.41. The van der Waals surface area contributed by atoms with Crippen LogP contribution in [-0.4, -0.2) is 41.1 Å². The quantitative estimate of drug-likeness (QED) is 0.410. The summed E-state index contributed by atoms with van der Waals surface area (Å²) < 4.78 is 20.7. The molecule has 0 radical (unpaired) electrons. The van der Waals surface area contributed by atoms with E-state index in [-0.39, 0.29) is 20.8 Å². The topological polar surface area (TPSA) is 55.8 Å². The van der Waals surface area contributed by atoms with Crippen molar-refractivity contribution < 1.29 is 14.4 Å². The van der Waals surface area contributed by atoms with Crippen LogP contribution in [-0.2, 0) is 22.6 Å². The van der Waals surface area contributed by atoms with Crippen molar-refractivity contribution >= 4 is 34.0 Å². The number of rotatable bonds is 5. The number of benzene rings is 1. The number of hydrogen-bond acceptors (Lipinski definition) is 4. The summed E-state index contributed by atoms with van der Waals surface area (Å²) in [6, 6.07) is 10.1. The average molecular weight is 465 g/mol.